The molecular formula is C18H12ClF2N5O. The average molecular weight is 388 g/mol. The highest BCUT2D eigenvalue weighted by atomic mass is 35.5. The number of aromatic nitrogens is 3. The molecule has 0 aliphatic rings. The van der Waals surface area contributed by atoms with E-state index in [-0.39, 0.29) is 27.5 Å². The van der Waals surface area contributed by atoms with Crippen LogP contribution in [0.25, 0.3) is 17.0 Å². The van der Waals surface area contributed by atoms with Crippen molar-refractivity contribution in [3.63, 3.8) is 0 Å². The second-order valence-corrected chi connectivity index (χ2v) is 6.10. The SMILES string of the molecule is Cc1ncc(C#N)c(C)c1NC(=O)/C(F)=C/c1ccc2c(Cl)[nH]nc2c1F. The highest BCUT2D eigenvalue weighted by molar-refractivity contribution is 6.34. The molecule has 2 N–H and O–H groups in total. The lowest BCUT2D eigenvalue weighted by Gasteiger charge is -2.11. The average Bonchev–Trinajstić information content (AvgIpc) is 3.02. The van der Waals surface area contributed by atoms with E-state index in [1.807, 2.05) is 6.07 Å². The molecule has 3 rings (SSSR count). The third kappa shape index (κ3) is 3.37. The fourth-order valence-electron chi connectivity index (χ4n) is 2.54. The van der Waals surface area contributed by atoms with E-state index in [1.54, 1.807) is 13.8 Å². The van der Waals surface area contributed by atoms with Gasteiger partial charge in [0.15, 0.2) is 11.6 Å². The Balaban J connectivity index is 1.93. The fourth-order valence-corrected chi connectivity index (χ4v) is 2.74. The summed E-state index contributed by atoms with van der Waals surface area (Å²) in [6.07, 6.45) is 2.13. The van der Waals surface area contributed by atoms with Crippen LogP contribution in [0.3, 0.4) is 0 Å². The molecule has 0 atom stereocenters. The maximum absolute atomic E-state index is 14.4. The number of halogens is 3. The molecular weight excluding hydrogens is 376 g/mol. The Hall–Kier alpha value is -3.31. The van der Waals surface area contributed by atoms with Crippen LogP contribution in [0, 0.1) is 31.0 Å². The van der Waals surface area contributed by atoms with E-state index in [0.717, 1.165) is 6.08 Å². The second kappa shape index (κ2) is 7.13. The molecule has 27 heavy (non-hydrogen) atoms. The van der Waals surface area contributed by atoms with Crippen molar-refractivity contribution in [2.24, 2.45) is 0 Å². The summed E-state index contributed by atoms with van der Waals surface area (Å²) >= 11 is 5.83. The lowest BCUT2D eigenvalue weighted by atomic mass is 10.1. The number of nitrogens with one attached hydrogen (secondary N) is 2. The molecule has 6 nitrogen and oxygen atoms in total. The number of nitriles is 1. The first-order chi connectivity index (χ1) is 12.8. The summed E-state index contributed by atoms with van der Waals surface area (Å²) in [5.41, 5.74) is 1.16. The van der Waals surface area contributed by atoms with Crippen molar-refractivity contribution in [2.75, 3.05) is 5.32 Å². The molecule has 0 radical (unpaired) electrons. The number of aromatic amines is 1. The van der Waals surface area contributed by atoms with Gasteiger partial charge in [0.05, 0.1) is 16.9 Å². The first-order valence-corrected chi connectivity index (χ1v) is 8.08. The van der Waals surface area contributed by atoms with Crippen molar-refractivity contribution >= 4 is 40.2 Å². The maximum Gasteiger partial charge on any atom is 0.284 e. The van der Waals surface area contributed by atoms with Crippen LogP contribution >= 0.6 is 11.6 Å². The van der Waals surface area contributed by atoms with E-state index in [0.29, 0.717) is 16.6 Å². The summed E-state index contributed by atoms with van der Waals surface area (Å²) in [5, 5.41) is 18.1. The number of aryl methyl sites for hydroxylation is 1. The van der Waals surface area contributed by atoms with Crippen LogP contribution in [-0.2, 0) is 4.79 Å². The van der Waals surface area contributed by atoms with Crippen LogP contribution in [0.1, 0.15) is 22.4 Å². The third-order valence-electron chi connectivity index (χ3n) is 4.03. The lowest BCUT2D eigenvalue weighted by Crippen LogP contribution is -2.15. The largest absolute Gasteiger partial charge is 0.318 e. The highest BCUT2D eigenvalue weighted by Gasteiger charge is 2.17. The first-order valence-electron chi connectivity index (χ1n) is 7.70. The molecule has 0 fully saturated rings. The van der Waals surface area contributed by atoms with Crippen LogP contribution in [0.2, 0.25) is 5.15 Å². The molecule has 0 spiro atoms. The number of pyridine rings is 1. The van der Waals surface area contributed by atoms with Crippen molar-refractivity contribution < 1.29 is 13.6 Å². The van der Waals surface area contributed by atoms with Gasteiger partial charge in [0, 0.05) is 17.1 Å². The summed E-state index contributed by atoms with van der Waals surface area (Å²) in [5.74, 6) is -3.10. The summed E-state index contributed by atoms with van der Waals surface area (Å²) in [6, 6.07) is 4.70. The predicted molar refractivity (Wildman–Crippen MR) is 97.2 cm³/mol. The van der Waals surface area contributed by atoms with Crippen molar-refractivity contribution in [2.45, 2.75) is 13.8 Å². The van der Waals surface area contributed by atoms with Gasteiger partial charge in [-0.2, -0.15) is 10.4 Å². The zero-order valence-electron chi connectivity index (χ0n) is 14.2. The molecule has 2 aromatic heterocycles. The van der Waals surface area contributed by atoms with Gasteiger partial charge in [0.25, 0.3) is 5.91 Å². The molecule has 0 aliphatic heterocycles. The number of benzene rings is 1. The standard InChI is InChI=1S/C18H12ClF2N5O/c1-8-11(6-22)7-23-9(2)15(8)24-18(27)13(20)5-10-3-4-12-16(14(10)21)25-26-17(12)19/h3-5,7H,1-2H3,(H,24,27)(H,25,26)/b13-5-. The summed E-state index contributed by atoms with van der Waals surface area (Å²) < 4.78 is 28.8. The summed E-state index contributed by atoms with van der Waals surface area (Å²) in [6.45, 7) is 3.22. The number of nitrogens with zero attached hydrogens (tertiary/aromatic N) is 3. The van der Waals surface area contributed by atoms with Crippen molar-refractivity contribution in [1.29, 1.82) is 5.26 Å². The van der Waals surface area contributed by atoms with E-state index in [4.69, 9.17) is 16.9 Å². The number of rotatable bonds is 3. The van der Waals surface area contributed by atoms with Gasteiger partial charge in [-0.15, -0.1) is 0 Å². The highest BCUT2D eigenvalue weighted by Crippen LogP contribution is 2.27. The Labute approximate surface area is 157 Å². The lowest BCUT2D eigenvalue weighted by molar-refractivity contribution is -0.114. The van der Waals surface area contributed by atoms with Gasteiger partial charge in [-0.1, -0.05) is 17.7 Å². The number of carbonyl (C=O) groups excluding carboxylic acids is 1. The van der Waals surface area contributed by atoms with Crippen LogP contribution in [0.4, 0.5) is 14.5 Å². The van der Waals surface area contributed by atoms with Gasteiger partial charge in [0.2, 0.25) is 0 Å². The molecule has 2 heterocycles. The van der Waals surface area contributed by atoms with E-state index >= 15 is 0 Å². The van der Waals surface area contributed by atoms with Crippen LogP contribution in [-0.4, -0.2) is 21.1 Å². The predicted octanol–water partition coefficient (Wildman–Crippen LogP) is 4.19. The van der Waals surface area contributed by atoms with Gasteiger partial charge >= 0.3 is 0 Å². The number of amides is 1. The van der Waals surface area contributed by atoms with Crippen LogP contribution in [0.5, 0.6) is 0 Å². The number of hydrogen-bond donors (Lipinski definition) is 2. The first kappa shape index (κ1) is 18.5. The molecule has 1 amide bonds. The van der Waals surface area contributed by atoms with Crippen LogP contribution < -0.4 is 5.32 Å². The summed E-state index contributed by atoms with van der Waals surface area (Å²) in [7, 11) is 0. The number of carbonyl (C=O) groups is 1. The number of H-pyrrole nitrogens is 1. The minimum atomic E-state index is -1.21. The molecule has 136 valence electrons. The molecule has 0 unspecified atom stereocenters. The summed E-state index contributed by atoms with van der Waals surface area (Å²) in [4.78, 5) is 16.2. The van der Waals surface area contributed by atoms with Gasteiger partial charge in [0.1, 0.15) is 16.7 Å². The van der Waals surface area contributed by atoms with Gasteiger partial charge < -0.3 is 5.32 Å². The van der Waals surface area contributed by atoms with Crippen LogP contribution in [0.15, 0.2) is 24.2 Å². The fraction of sp³-hybridized carbons (Fsp3) is 0.111. The van der Waals surface area contributed by atoms with E-state index in [1.165, 1.54) is 18.3 Å². The van der Waals surface area contributed by atoms with Gasteiger partial charge in [-0.05, 0) is 31.6 Å². The van der Waals surface area contributed by atoms with E-state index < -0.39 is 17.6 Å². The van der Waals surface area contributed by atoms with Crippen molar-refractivity contribution in [3.8, 4) is 6.07 Å². The number of hydrogen-bond acceptors (Lipinski definition) is 4. The minimum absolute atomic E-state index is 0.0560. The molecule has 0 saturated heterocycles. The zero-order chi connectivity index (χ0) is 19.7. The molecule has 0 bridgehead atoms. The number of anilines is 1. The van der Waals surface area contributed by atoms with Gasteiger partial charge in [-0.3, -0.25) is 14.9 Å². The molecule has 1 aromatic carbocycles. The Morgan fingerprint density at radius 1 is 1.41 bits per heavy atom. The van der Waals surface area contributed by atoms with Crippen molar-refractivity contribution in [1.82, 2.24) is 15.2 Å². The monoisotopic (exact) mass is 387 g/mol. The third-order valence-corrected chi connectivity index (χ3v) is 4.32. The molecule has 0 saturated carbocycles. The molecule has 3 aromatic rings. The second-order valence-electron chi connectivity index (χ2n) is 5.72. The normalized spacial score (nSPS) is 11.5. The minimum Gasteiger partial charge on any atom is -0.318 e. The van der Waals surface area contributed by atoms with Gasteiger partial charge in [-0.25, -0.2) is 8.78 Å². The quantitative estimate of drug-likeness (QED) is 0.659. The molecule has 9 heteroatoms. The van der Waals surface area contributed by atoms with Crippen molar-refractivity contribution in [3.05, 3.63) is 57.5 Å². The smallest absolute Gasteiger partial charge is 0.284 e. The topological polar surface area (TPSA) is 94.5 Å². The van der Waals surface area contributed by atoms with E-state index in [9.17, 15) is 13.6 Å². The Morgan fingerprint density at radius 3 is 2.85 bits per heavy atom. The maximum atomic E-state index is 14.4. The zero-order valence-corrected chi connectivity index (χ0v) is 14.9. The Bertz CT molecular complexity index is 1150. The number of fused-ring (bicyclic) bond motifs is 1. The molecule has 0 aliphatic carbocycles. The van der Waals surface area contributed by atoms with E-state index in [2.05, 4.69) is 20.5 Å². The Kier molecular flexibility index (Phi) is 4.88. The Morgan fingerprint density at radius 2 is 2.15 bits per heavy atom.